The van der Waals surface area contributed by atoms with Gasteiger partial charge in [-0.25, -0.2) is 4.79 Å². The standard InChI is InChI=1S/C35H64O5/c1-3-4-5-6-7-8-9-10-11-15-18-21-24-31(36)33-26-27-34(40-33)32(37)25-22-19-16-13-12-14-17-20-23-30-28-29(2)39-35(30)38/h28-29,31-34,36-37H,3-27H2,1-2H3/t29-,31+,32-,33+,34-/m0/s1. The molecule has 0 aliphatic carbocycles. The molecule has 0 aromatic rings. The van der Waals surface area contributed by atoms with Gasteiger partial charge >= 0.3 is 5.97 Å². The number of cyclic esters (lactones) is 1. The van der Waals surface area contributed by atoms with Gasteiger partial charge in [0, 0.05) is 5.57 Å². The molecule has 2 aliphatic heterocycles. The van der Waals surface area contributed by atoms with E-state index >= 15 is 0 Å². The van der Waals surface area contributed by atoms with Gasteiger partial charge in [-0.3, -0.25) is 0 Å². The fourth-order valence-electron chi connectivity index (χ4n) is 6.37. The summed E-state index contributed by atoms with van der Waals surface area (Å²) in [4.78, 5) is 11.6. The number of hydrogen-bond acceptors (Lipinski definition) is 5. The van der Waals surface area contributed by atoms with Crippen molar-refractivity contribution in [3.8, 4) is 0 Å². The second-order valence-electron chi connectivity index (χ2n) is 12.8. The predicted octanol–water partition coefficient (Wildman–Crippen LogP) is 9.12. The Bertz CT molecular complexity index is 662. The highest BCUT2D eigenvalue weighted by Crippen LogP contribution is 2.28. The van der Waals surface area contributed by atoms with E-state index in [2.05, 4.69) is 6.92 Å². The first-order valence-corrected chi connectivity index (χ1v) is 17.4. The van der Waals surface area contributed by atoms with E-state index in [9.17, 15) is 15.0 Å². The lowest BCUT2D eigenvalue weighted by molar-refractivity contribution is -0.139. The zero-order valence-electron chi connectivity index (χ0n) is 26.3. The molecule has 2 heterocycles. The van der Waals surface area contributed by atoms with Gasteiger partial charge in [-0.15, -0.1) is 0 Å². The molecule has 0 spiro atoms. The summed E-state index contributed by atoms with van der Waals surface area (Å²) in [5, 5.41) is 21.2. The number of hydrogen-bond donors (Lipinski definition) is 2. The highest BCUT2D eigenvalue weighted by Gasteiger charge is 2.34. The molecule has 40 heavy (non-hydrogen) atoms. The van der Waals surface area contributed by atoms with Crippen molar-refractivity contribution >= 4 is 5.97 Å². The van der Waals surface area contributed by atoms with E-state index in [1.807, 2.05) is 13.0 Å². The Morgan fingerprint density at radius 3 is 1.48 bits per heavy atom. The molecule has 234 valence electrons. The number of carbonyl (C=O) groups excluding carboxylic acids is 1. The molecule has 5 heteroatoms. The van der Waals surface area contributed by atoms with Crippen molar-refractivity contribution in [3.05, 3.63) is 11.6 Å². The molecule has 5 nitrogen and oxygen atoms in total. The van der Waals surface area contributed by atoms with Gasteiger partial charge in [0.25, 0.3) is 0 Å². The van der Waals surface area contributed by atoms with Crippen molar-refractivity contribution in [2.75, 3.05) is 0 Å². The van der Waals surface area contributed by atoms with Gasteiger partial charge in [0.1, 0.15) is 6.10 Å². The molecule has 0 aromatic heterocycles. The maximum atomic E-state index is 11.6. The topological polar surface area (TPSA) is 76.0 Å². The number of aliphatic hydroxyl groups excluding tert-OH is 2. The number of esters is 1. The van der Waals surface area contributed by atoms with Crippen LogP contribution >= 0.6 is 0 Å². The molecule has 0 amide bonds. The predicted molar refractivity (Wildman–Crippen MR) is 165 cm³/mol. The second kappa shape index (κ2) is 22.7. The van der Waals surface area contributed by atoms with E-state index in [-0.39, 0.29) is 30.4 Å². The first-order valence-electron chi connectivity index (χ1n) is 17.4. The van der Waals surface area contributed by atoms with Crippen LogP contribution in [0.2, 0.25) is 0 Å². The maximum absolute atomic E-state index is 11.6. The van der Waals surface area contributed by atoms with Gasteiger partial charge < -0.3 is 19.7 Å². The van der Waals surface area contributed by atoms with Crippen LogP contribution in [0.1, 0.15) is 174 Å². The van der Waals surface area contributed by atoms with Crippen LogP contribution in [0, 0.1) is 0 Å². The second-order valence-corrected chi connectivity index (χ2v) is 12.8. The maximum Gasteiger partial charge on any atom is 0.334 e. The monoisotopic (exact) mass is 564 g/mol. The normalized spacial score (nSPS) is 22.4. The van der Waals surface area contributed by atoms with Crippen molar-refractivity contribution in [2.45, 2.75) is 205 Å². The minimum atomic E-state index is -0.400. The van der Waals surface area contributed by atoms with Crippen LogP contribution in [-0.2, 0) is 14.3 Å². The summed E-state index contributed by atoms with van der Waals surface area (Å²) in [5.74, 6) is -0.126. The van der Waals surface area contributed by atoms with E-state index in [1.54, 1.807) is 0 Å². The van der Waals surface area contributed by atoms with Crippen molar-refractivity contribution in [2.24, 2.45) is 0 Å². The average Bonchev–Trinajstić information content (AvgIpc) is 3.56. The van der Waals surface area contributed by atoms with Gasteiger partial charge in [0.2, 0.25) is 0 Å². The van der Waals surface area contributed by atoms with Gasteiger partial charge in [0.15, 0.2) is 0 Å². The third-order valence-electron chi connectivity index (χ3n) is 8.98. The number of rotatable bonds is 26. The van der Waals surface area contributed by atoms with E-state index in [0.29, 0.717) is 0 Å². The summed E-state index contributed by atoms with van der Waals surface area (Å²) in [7, 11) is 0. The fourth-order valence-corrected chi connectivity index (χ4v) is 6.37. The fraction of sp³-hybridized carbons (Fsp3) is 0.914. The van der Waals surface area contributed by atoms with Gasteiger partial charge in [-0.05, 0) is 51.5 Å². The lowest BCUT2D eigenvalue weighted by Crippen LogP contribution is -2.31. The summed E-state index contributed by atoms with van der Waals surface area (Å²) in [6, 6.07) is 0. The van der Waals surface area contributed by atoms with E-state index in [0.717, 1.165) is 63.4 Å². The summed E-state index contributed by atoms with van der Waals surface area (Å²) >= 11 is 0. The quantitative estimate of drug-likeness (QED) is 0.0809. The molecule has 2 aliphatic rings. The average molecular weight is 565 g/mol. The Kier molecular flexibility index (Phi) is 20.0. The van der Waals surface area contributed by atoms with Crippen LogP contribution < -0.4 is 0 Å². The van der Waals surface area contributed by atoms with Crippen LogP contribution in [0.3, 0.4) is 0 Å². The number of ether oxygens (including phenoxy) is 2. The molecule has 5 atom stereocenters. The number of aliphatic hydroxyl groups is 2. The van der Waals surface area contributed by atoms with Crippen molar-refractivity contribution in [1.82, 2.24) is 0 Å². The van der Waals surface area contributed by atoms with Crippen LogP contribution in [0.5, 0.6) is 0 Å². The minimum absolute atomic E-state index is 0.0526. The Labute approximate surface area is 246 Å². The third kappa shape index (κ3) is 15.9. The summed E-state index contributed by atoms with van der Waals surface area (Å²) < 4.78 is 11.2. The van der Waals surface area contributed by atoms with Crippen LogP contribution in [-0.4, -0.2) is 46.7 Å². The molecule has 0 radical (unpaired) electrons. The van der Waals surface area contributed by atoms with Gasteiger partial charge in [-0.2, -0.15) is 0 Å². The SMILES string of the molecule is CCCCCCCCCCCCCC[C@@H](O)[C@H]1CC[C@@H]([C@@H](O)CCCCCCCCCCC2=C[C@H](C)OC2=O)O1. The smallest absolute Gasteiger partial charge is 0.334 e. The van der Waals surface area contributed by atoms with Gasteiger partial charge in [0.05, 0.1) is 24.4 Å². The lowest BCUT2D eigenvalue weighted by Gasteiger charge is -2.22. The Morgan fingerprint density at radius 2 is 1.07 bits per heavy atom. The largest absolute Gasteiger partial charge is 0.455 e. The first kappa shape index (κ1) is 35.3. The molecule has 2 N–H and O–H groups in total. The van der Waals surface area contributed by atoms with Crippen LogP contribution in [0.15, 0.2) is 11.6 Å². The van der Waals surface area contributed by atoms with Crippen molar-refractivity contribution in [3.63, 3.8) is 0 Å². The zero-order valence-corrected chi connectivity index (χ0v) is 26.3. The molecular formula is C35H64O5. The minimum Gasteiger partial charge on any atom is -0.455 e. The molecule has 0 aromatic carbocycles. The third-order valence-corrected chi connectivity index (χ3v) is 8.98. The highest BCUT2D eigenvalue weighted by molar-refractivity contribution is 5.90. The Morgan fingerprint density at radius 1 is 0.675 bits per heavy atom. The van der Waals surface area contributed by atoms with Crippen LogP contribution in [0.25, 0.3) is 0 Å². The molecule has 0 bridgehead atoms. The van der Waals surface area contributed by atoms with Crippen molar-refractivity contribution in [1.29, 1.82) is 0 Å². The molecule has 1 saturated heterocycles. The zero-order chi connectivity index (χ0) is 28.8. The van der Waals surface area contributed by atoms with Gasteiger partial charge in [-0.1, -0.05) is 129 Å². The lowest BCUT2D eigenvalue weighted by atomic mass is 10.00. The highest BCUT2D eigenvalue weighted by atomic mass is 16.5. The molecule has 0 unspecified atom stereocenters. The van der Waals surface area contributed by atoms with E-state index in [4.69, 9.17) is 9.47 Å². The molecular weight excluding hydrogens is 500 g/mol. The Hall–Kier alpha value is -0.910. The van der Waals surface area contributed by atoms with E-state index < -0.39 is 6.10 Å². The Balaban J connectivity index is 1.36. The molecule has 2 rings (SSSR count). The molecule has 1 fully saturated rings. The summed E-state index contributed by atoms with van der Waals surface area (Å²) in [5.41, 5.74) is 0.859. The van der Waals surface area contributed by atoms with E-state index in [1.165, 1.54) is 103 Å². The summed E-state index contributed by atoms with van der Waals surface area (Å²) in [6.45, 7) is 4.18. The number of unbranched alkanes of at least 4 members (excludes halogenated alkanes) is 18. The molecule has 0 saturated carbocycles. The van der Waals surface area contributed by atoms with Crippen LogP contribution in [0.4, 0.5) is 0 Å². The van der Waals surface area contributed by atoms with Crippen molar-refractivity contribution < 1.29 is 24.5 Å². The first-order chi connectivity index (χ1) is 19.5. The number of carbonyl (C=O) groups is 1. The summed E-state index contributed by atoms with van der Waals surface area (Å²) in [6.07, 6.45) is 30.5.